The molecule has 0 aliphatic carbocycles. The van der Waals surface area contributed by atoms with Gasteiger partial charge in [0.05, 0.1) is 17.3 Å². The maximum absolute atomic E-state index is 12.6. The SMILES string of the molecule is O=C(Cn1ncc2c(=O)oc3ccccc3c21)Nc1ccc(C(F)(F)F)cc1. The van der Waals surface area contributed by atoms with Crippen molar-refractivity contribution in [2.24, 2.45) is 0 Å². The Labute approximate surface area is 155 Å². The number of anilines is 1. The molecule has 142 valence electrons. The number of carbonyl (C=O) groups is 1. The lowest BCUT2D eigenvalue weighted by atomic mass is 10.2. The van der Waals surface area contributed by atoms with Crippen molar-refractivity contribution in [3.05, 3.63) is 70.7 Å². The lowest BCUT2D eigenvalue weighted by Crippen LogP contribution is -2.19. The average Bonchev–Trinajstić information content (AvgIpc) is 3.06. The third-order valence-electron chi connectivity index (χ3n) is 4.19. The monoisotopic (exact) mass is 387 g/mol. The minimum absolute atomic E-state index is 0.221. The van der Waals surface area contributed by atoms with Crippen LogP contribution < -0.4 is 10.9 Å². The Bertz CT molecular complexity index is 1240. The Morgan fingerprint density at radius 1 is 1.07 bits per heavy atom. The van der Waals surface area contributed by atoms with Crippen molar-refractivity contribution in [1.82, 2.24) is 9.78 Å². The number of amides is 1. The molecule has 1 N–H and O–H groups in total. The van der Waals surface area contributed by atoms with Gasteiger partial charge in [0.25, 0.3) is 0 Å². The smallest absolute Gasteiger partial charge is 0.416 e. The third-order valence-corrected chi connectivity index (χ3v) is 4.19. The molecular weight excluding hydrogens is 375 g/mol. The Kier molecular flexibility index (Phi) is 4.14. The highest BCUT2D eigenvalue weighted by molar-refractivity contribution is 6.02. The second-order valence-corrected chi connectivity index (χ2v) is 6.07. The Hall–Kier alpha value is -3.62. The molecule has 0 bridgehead atoms. The molecule has 9 heteroatoms. The Morgan fingerprint density at radius 2 is 1.79 bits per heavy atom. The van der Waals surface area contributed by atoms with Crippen LogP contribution in [-0.4, -0.2) is 15.7 Å². The average molecular weight is 387 g/mol. The molecular formula is C19H12F3N3O3. The molecule has 0 atom stereocenters. The number of rotatable bonds is 3. The molecule has 6 nitrogen and oxygen atoms in total. The second-order valence-electron chi connectivity index (χ2n) is 6.07. The second kappa shape index (κ2) is 6.52. The fourth-order valence-corrected chi connectivity index (χ4v) is 2.92. The molecule has 28 heavy (non-hydrogen) atoms. The molecule has 0 unspecified atom stereocenters. The van der Waals surface area contributed by atoms with Crippen LogP contribution in [0.1, 0.15) is 5.56 Å². The summed E-state index contributed by atoms with van der Waals surface area (Å²) in [6, 6.07) is 11.0. The zero-order chi connectivity index (χ0) is 19.9. The predicted molar refractivity (Wildman–Crippen MR) is 95.8 cm³/mol. The number of hydrogen-bond donors (Lipinski definition) is 1. The van der Waals surface area contributed by atoms with E-state index in [0.29, 0.717) is 16.5 Å². The maximum atomic E-state index is 12.6. The summed E-state index contributed by atoms with van der Waals surface area (Å²) in [6.07, 6.45) is -3.13. The summed E-state index contributed by atoms with van der Waals surface area (Å²) in [5.74, 6) is -0.498. The minimum atomic E-state index is -4.45. The molecule has 2 aromatic carbocycles. The van der Waals surface area contributed by atoms with Crippen LogP contribution in [-0.2, 0) is 17.5 Å². The van der Waals surface area contributed by atoms with Gasteiger partial charge in [-0.2, -0.15) is 18.3 Å². The Morgan fingerprint density at radius 3 is 2.50 bits per heavy atom. The van der Waals surface area contributed by atoms with Gasteiger partial charge in [-0.1, -0.05) is 12.1 Å². The van der Waals surface area contributed by atoms with Crippen LogP contribution >= 0.6 is 0 Å². The van der Waals surface area contributed by atoms with Crippen LogP contribution in [0.3, 0.4) is 0 Å². The van der Waals surface area contributed by atoms with Gasteiger partial charge in [0.2, 0.25) is 5.91 Å². The van der Waals surface area contributed by atoms with Gasteiger partial charge in [0, 0.05) is 11.1 Å². The molecule has 0 saturated carbocycles. The lowest BCUT2D eigenvalue weighted by Gasteiger charge is -2.09. The number of aromatic nitrogens is 2. The van der Waals surface area contributed by atoms with Crippen LogP contribution in [0.25, 0.3) is 21.9 Å². The van der Waals surface area contributed by atoms with E-state index in [1.807, 2.05) is 0 Å². The first kappa shape index (κ1) is 17.8. The molecule has 0 saturated heterocycles. The Balaban J connectivity index is 1.62. The first-order chi connectivity index (χ1) is 13.3. The summed E-state index contributed by atoms with van der Waals surface area (Å²) in [4.78, 5) is 24.4. The van der Waals surface area contributed by atoms with Crippen LogP contribution in [0.2, 0.25) is 0 Å². The lowest BCUT2D eigenvalue weighted by molar-refractivity contribution is -0.137. The summed E-state index contributed by atoms with van der Waals surface area (Å²) < 4.78 is 44.4. The first-order valence-corrected chi connectivity index (χ1v) is 8.17. The number of hydrogen-bond acceptors (Lipinski definition) is 4. The minimum Gasteiger partial charge on any atom is -0.422 e. The zero-order valence-corrected chi connectivity index (χ0v) is 14.2. The molecule has 0 spiro atoms. The van der Waals surface area contributed by atoms with E-state index in [1.54, 1.807) is 24.3 Å². The number of fused-ring (bicyclic) bond motifs is 3. The van der Waals surface area contributed by atoms with Gasteiger partial charge in [0.1, 0.15) is 17.5 Å². The van der Waals surface area contributed by atoms with E-state index in [9.17, 15) is 22.8 Å². The van der Waals surface area contributed by atoms with Gasteiger partial charge in [-0.25, -0.2) is 4.79 Å². The predicted octanol–water partition coefficient (Wildman–Crippen LogP) is 3.80. The number of nitrogens with zero attached hydrogens (tertiary/aromatic N) is 2. The molecule has 0 radical (unpaired) electrons. The van der Waals surface area contributed by atoms with Crippen molar-refractivity contribution in [2.75, 3.05) is 5.32 Å². The highest BCUT2D eigenvalue weighted by atomic mass is 19.4. The van der Waals surface area contributed by atoms with Crippen LogP contribution in [0, 0.1) is 0 Å². The number of carbonyl (C=O) groups excluding carboxylic acids is 1. The van der Waals surface area contributed by atoms with E-state index in [2.05, 4.69) is 10.4 Å². The third kappa shape index (κ3) is 3.22. The van der Waals surface area contributed by atoms with Gasteiger partial charge in [-0.3, -0.25) is 9.48 Å². The van der Waals surface area contributed by atoms with E-state index < -0.39 is 23.3 Å². The van der Waals surface area contributed by atoms with Crippen molar-refractivity contribution < 1.29 is 22.4 Å². The molecule has 1 amide bonds. The van der Waals surface area contributed by atoms with Crippen molar-refractivity contribution in [1.29, 1.82) is 0 Å². The number of para-hydroxylation sites is 1. The van der Waals surface area contributed by atoms with Gasteiger partial charge in [-0.15, -0.1) is 0 Å². The number of halogens is 3. The normalized spacial score (nSPS) is 11.8. The fraction of sp³-hybridized carbons (Fsp3) is 0.105. The summed E-state index contributed by atoms with van der Waals surface area (Å²) in [5, 5.41) is 7.46. The first-order valence-electron chi connectivity index (χ1n) is 8.17. The maximum Gasteiger partial charge on any atom is 0.416 e. The number of alkyl halides is 3. The standard InChI is InChI=1S/C19H12F3N3O3/c20-19(21,22)11-5-7-12(8-6-11)24-16(26)10-25-17-13-3-1-2-4-15(13)28-18(27)14(17)9-23-25/h1-9H,10H2,(H,24,26). The van der Waals surface area contributed by atoms with Gasteiger partial charge >= 0.3 is 11.8 Å². The van der Waals surface area contributed by atoms with Crippen molar-refractivity contribution in [2.45, 2.75) is 12.7 Å². The van der Waals surface area contributed by atoms with E-state index in [4.69, 9.17) is 4.42 Å². The van der Waals surface area contributed by atoms with Gasteiger partial charge in [0.15, 0.2) is 0 Å². The molecule has 4 aromatic rings. The number of nitrogens with one attached hydrogen (secondary N) is 1. The van der Waals surface area contributed by atoms with Crippen molar-refractivity contribution in [3.63, 3.8) is 0 Å². The molecule has 2 heterocycles. The number of benzene rings is 2. The zero-order valence-electron chi connectivity index (χ0n) is 14.2. The van der Waals surface area contributed by atoms with E-state index in [0.717, 1.165) is 12.1 Å². The van der Waals surface area contributed by atoms with Crippen LogP contribution in [0.5, 0.6) is 0 Å². The van der Waals surface area contributed by atoms with Gasteiger partial charge < -0.3 is 9.73 Å². The summed E-state index contributed by atoms with van der Waals surface area (Å²) in [7, 11) is 0. The summed E-state index contributed by atoms with van der Waals surface area (Å²) >= 11 is 0. The highest BCUT2D eigenvalue weighted by Crippen LogP contribution is 2.29. The van der Waals surface area contributed by atoms with E-state index in [-0.39, 0.29) is 17.6 Å². The van der Waals surface area contributed by atoms with Gasteiger partial charge in [-0.05, 0) is 36.4 Å². The molecule has 0 aliphatic heterocycles. The topological polar surface area (TPSA) is 77.1 Å². The van der Waals surface area contributed by atoms with Crippen molar-refractivity contribution >= 4 is 33.5 Å². The molecule has 0 fully saturated rings. The molecule has 4 rings (SSSR count). The summed E-state index contributed by atoms with van der Waals surface area (Å²) in [5.41, 5.74) is -0.331. The van der Waals surface area contributed by atoms with E-state index >= 15 is 0 Å². The highest BCUT2D eigenvalue weighted by Gasteiger charge is 2.30. The summed E-state index contributed by atoms with van der Waals surface area (Å²) in [6.45, 7) is -0.224. The van der Waals surface area contributed by atoms with Crippen LogP contribution in [0.4, 0.5) is 18.9 Å². The largest absolute Gasteiger partial charge is 0.422 e. The van der Waals surface area contributed by atoms with Crippen molar-refractivity contribution in [3.8, 4) is 0 Å². The quantitative estimate of drug-likeness (QED) is 0.543. The van der Waals surface area contributed by atoms with Crippen LogP contribution in [0.15, 0.2) is 63.9 Å². The molecule has 2 aromatic heterocycles. The van der Waals surface area contributed by atoms with E-state index in [1.165, 1.54) is 23.0 Å². The molecule has 0 aliphatic rings. The fourth-order valence-electron chi connectivity index (χ4n) is 2.92.